The van der Waals surface area contributed by atoms with E-state index < -0.39 is 10.0 Å². The van der Waals surface area contributed by atoms with Crippen LogP contribution in [-0.4, -0.2) is 79.0 Å². The monoisotopic (exact) mass is 644 g/mol. The highest BCUT2D eigenvalue weighted by Gasteiger charge is 2.18. The number of phenols is 1. The summed E-state index contributed by atoms with van der Waals surface area (Å²) in [7, 11) is -1.77. The summed E-state index contributed by atoms with van der Waals surface area (Å²) < 4.78 is 28.3. The maximum atomic E-state index is 13.1. The van der Waals surface area contributed by atoms with E-state index in [-0.39, 0.29) is 27.8 Å². The smallest absolute Gasteiger partial charge is 0.261 e. The molecule has 0 bridgehead atoms. The topological polar surface area (TPSA) is 131 Å². The number of anilines is 2. The molecule has 1 aromatic heterocycles. The normalized spacial score (nSPS) is 14.4. The van der Waals surface area contributed by atoms with Crippen LogP contribution in [-0.2, 0) is 16.4 Å². The molecule has 4 N–H and O–H groups in total. The Labute approximate surface area is 266 Å². The number of nitrogens with zero attached hydrogens (tertiary/aromatic N) is 3. The number of imidazole rings is 1. The van der Waals surface area contributed by atoms with Crippen LogP contribution in [0, 0.1) is 0 Å². The molecule has 1 amide bonds. The molecular weight excluding hydrogens is 612 g/mol. The Hall–Kier alpha value is -4.42. The number of aromatic hydroxyl groups is 1. The molecule has 10 nitrogen and oxygen atoms in total. The van der Waals surface area contributed by atoms with E-state index >= 15 is 0 Å². The van der Waals surface area contributed by atoms with E-state index in [2.05, 4.69) is 36.9 Å². The van der Waals surface area contributed by atoms with Crippen LogP contribution in [0.25, 0.3) is 22.4 Å². The van der Waals surface area contributed by atoms with Crippen molar-refractivity contribution in [2.24, 2.45) is 0 Å². The first-order valence-electron chi connectivity index (χ1n) is 14.6. The number of carbonyl (C=O) groups excluding carboxylic acids is 1. The number of nitrogens with one attached hydrogen (secondary N) is 3. The lowest BCUT2D eigenvalue weighted by Crippen LogP contribution is -2.45. The van der Waals surface area contributed by atoms with Gasteiger partial charge in [-0.05, 0) is 85.8 Å². The average molecular weight is 645 g/mol. The number of amides is 1. The lowest BCUT2D eigenvalue weighted by molar-refractivity contribution is 0.102. The molecule has 1 aliphatic heterocycles. The first-order valence-corrected chi connectivity index (χ1v) is 16.4. The standard InChI is InChI=1S/C33H33ClN6O4S/c1-39-15-17-40(18-16-39)14-13-22-5-8-25(9-6-22)35-33(42)23-7-11-29-30(19-23)37-32(36-29)28-21-26(10-12-31(28)41)38-45(43,44)27-4-2-3-24(34)20-27/h2-12,19-21,38,41H,13-18H2,1H3,(H,35,42)(H,36,37). The Balaban J connectivity index is 1.13. The van der Waals surface area contributed by atoms with E-state index in [1.54, 1.807) is 30.3 Å². The molecule has 0 aliphatic carbocycles. The summed E-state index contributed by atoms with van der Waals surface area (Å²) in [6.45, 7) is 5.40. The quantitative estimate of drug-likeness (QED) is 0.157. The lowest BCUT2D eigenvalue weighted by atomic mass is 10.1. The van der Waals surface area contributed by atoms with Crippen molar-refractivity contribution in [2.75, 3.05) is 49.8 Å². The van der Waals surface area contributed by atoms with Crippen LogP contribution in [0.3, 0.4) is 0 Å². The van der Waals surface area contributed by atoms with Gasteiger partial charge in [-0.2, -0.15) is 0 Å². The van der Waals surface area contributed by atoms with Crippen molar-refractivity contribution in [3.8, 4) is 17.1 Å². The predicted molar refractivity (Wildman–Crippen MR) is 177 cm³/mol. The molecule has 0 saturated carbocycles. The van der Waals surface area contributed by atoms with Crippen LogP contribution in [0.4, 0.5) is 11.4 Å². The SMILES string of the molecule is CN1CCN(CCc2ccc(NC(=O)c3ccc4nc(-c5cc(NS(=O)(=O)c6cccc(Cl)c6)ccc5O)[nH]c4c3)cc2)CC1. The molecule has 6 rings (SSSR count). The molecule has 1 aliphatic rings. The van der Waals surface area contributed by atoms with Crippen LogP contribution in [0.15, 0.2) is 89.8 Å². The summed E-state index contributed by atoms with van der Waals surface area (Å²) in [5.41, 5.74) is 4.05. The van der Waals surface area contributed by atoms with Gasteiger partial charge in [-0.25, -0.2) is 13.4 Å². The van der Waals surface area contributed by atoms with Crippen LogP contribution >= 0.6 is 11.6 Å². The lowest BCUT2D eigenvalue weighted by Gasteiger charge is -2.32. The molecule has 0 radical (unpaired) electrons. The first kappa shape index (κ1) is 30.6. The minimum atomic E-state index is -3.92. The second-order valence-corrected chi connectivity index (χ2v) is 13.3. The Morgan fingerprint density at radius 3 is 2.47 bits per heavy atom. The number of aromatic nitrogens is 2. The highest BCUT2D eigenvalue weighted by atomic mass is 35.5. The fourth-order valence-electron chi connectivity index (χ4n) is 5.23. The van der Waals surface area contributed by atoms with Gasteiger partial charge in [0.25, 0.3) is 15.9 Å². The molecule has 1 fully saturated rings. The number of sulfonamides is 1. The van der Waals surface area contributed by atoms with Gasteiger partial charge in [0.15, 0.2) is 0 Å². The Morgan fingerprint density at radius 1 is 0.956 bits per heavy atom. The van der Waals surface area contributed by atoms with Gasteiger partial charge < -0.3 is 25.2 Å². The number of fused-ring (bicyclic) bond motifs is 1. The molecule has 0 spiro atoms. The number of halogens is 1. The summed E-state index contributed by atoms with van der Waals surface area (Å²) in [6.07, 6.45) is 0.961. The van der Waals surface area contributed by atoms with Crippen molar-refractivity contribution in [3.05, 3.63) is 101 Å². The fraction of sp³-hybridized carbons (Fsp3) is 0.212. The van der Waals surface area contributed by atoms with Crippen molar-refractivity contribution in [1.29, 1.82) is 0 Å². The largest absolute Gasteiger partial charge is 0.507 e. The number of H-pyrrole nitrogens is 1. The molecule has 0 atom stereocenters. The second-order valence-electron chi connectivity index (χ2n) is 11.2. The number of benzene rings is 4. The third-order valence-corrected chi connectivity index (χ3v) is 9.49. The highest BCUT2D eigenvalue weighted by Crippen LogP contribution is 2.32. The third kappa shape index (κ3) is 7.29. The number of rotatable bonds is 9. The van der Waals surface area contributed by atoms with Gasteiger partial charge in [-0.15, -0.1) is 0 Å². The van der Waals surface area contributed by atoms with E-state index in [1.807, 2.05) is 24.3 Å². The Kier molecular flexibility index (Phi) is 8.77. The molecule has 0 unspecified atom stereocenters. The molecule has 12 heteroatoms. The van der Waals surface area contributed by atoms with Crippen molar-refractivity contribution >= 4 is 49.9 Å². The van der Waals surface area contributed by atoms with Gasteiger partial charge in [0.2, 0.25) is 0 Å². The molecule has 232 valence electrons. The van der Waals surface area contributed by atoms with Crippen LogP contribution < -0.4 is 10.0 Å². The van der Waals surface area contributed by atoms with Crippen LogP contribution in [0.5, 0.6) is 5.75 Å². The minimum absolute atomic E-state index is 0.0105. The van der Waals surface area contributed by atoms with Crippen molar-refractivity contribution in [2.45, 2.75) is 11.3 Å². The zero-order valence-corrected chi connectivity index (χ0v) is 26.2. The summed E-state index contributed by atoms with van der Waals surface area (Å²) in [5.74, 6) is -0.0424. The maximum absolute atomic E-state index is 13.1. The zero-order valence-electron chi connectivity index (χ0n) is 24.6. The number of piperazine rings is 1. The van der Waals surface area contributed by atoms with Gasteiger partial charge in [0.05, 0.1) is 21.5 Å². The zero-order chi connectivity index (χ0) is 31.6. The van der Waals surface area contributed by atoms with Crippen LogP contribution in [0.1, 0.15) is 15.9 Å². The number of likely N-dealkylation sites (N-methyl/N-ethyl adjacent to an activating group) is 1. The van der Waals surface area contributed by atoms with Gasteiger partial charge in [0.1, 0.15) is 11.6 Å². The predicted octanol–water partition coefficient (Wildman–Crippen LogP) is 5.43. The van der Waals surface area contributed by atoms with Gasteiger partial charge in [-0.1, -0.05) is 29.8 Å². The van der Waals surface area contributed by atoms with E-state index in [0.717, 1.165) is 39.1 Å². The Bertz CT molecular complexity index is 1950. The third-order valence-electron chi connectivity index (χ3n) is 7.88. The number of aromatic amines is 1. The fourth-order valence-corrected chi connectivity index (χ4v) is 6.58. The van der Waals surface area contributed by atoms with Gasteiger partial charge >= 0.3 is 0 Å². The van der Waals surface area contributed by atoms with E-state index in [0.29, 0.717) is 33.1 Å². The maximum Gasteiger partial charge on any atom is 0.261 e. The van der Waals surface area contributed by atoms with Gasteiger partial charge in [0, 0.05) is 54.7 Å². The molecular formula is C33H33ClN6O4S. The van der Waals surface area contributed by atoms with Crippen molar-refractivity contribution in [3.63, 3.8) is 0 Å². The van der Waals surface area contributed by atoms with Crippen molar-refractivity contribution in [1.82, 2.24) is 19.8 Å². The van der Waals surface area contributed by atoms with Crippen LogP contribution in [0.2, 0.25) is 5.02 Å². The molecule has 2 heterocycles. The summed E-state index contributed by atoms with van der Waals surface area (Å²) in [5, 5.41) is 13.8. The van der Waals surface area contributed by atoms with E-state index in [9.17, 15) is 18.3 Å². The highest BCUT2D eigenvalue weighted by molar-refractivity contribution is 7.92. The Morgan fingerprint density at radius 2 is 1.71 bits per heavy atom. The van der Waals surface area contributed by atoms with Gasteiger partial charge in [-0.3, -0.25) is 9.52 Å². The second kappa shape index (κ2) is 12.9. The minimum Gasteiger partial charge on any atom is -0.507 e. The molecule has 4 aromatic carbocycles. The number of hydrogen-bond acceptors (Lipinski definition) is 7. The number of hydrogen-bond donors (Lipinski definition) is 4. The van der Waals surface area contributed by atoms with E-state index in [1.165, 1.54) is 35.9 Å². The molecule has 5 aromatic rings. The summed E-state index contributed by atoms with van der Waals surface area (Å²) in [4.78, 5) is 25.6. The summed E-state index contributed by atoms with van der Waals surface area (Å²) in [6, 6.07) is 23.3. The molecule has 45 heavy (non-hydrogen) atoms. The van der Waals surface area contributed by atoms with E-state index in [4.69, 9.17) is 11.6 Å². The van der Waals surface area contributed by atoms with Crippen molar-refractivity contribution < 1.29 is 18.3 Å². The number of phenolic OH excluding ortho intramolecular Hbond substituents is 1. The molecule has 1 saturated heterocycles. The number of carbonyl (C=O) groups is 1. The summed E-state index contributed by atoms with van der Waals surface area (Å²) >= 11 is 5.97. The average Bonchev–Trinajstić information content (AvgIpc) is 3.46. The first-order chi connectivity index (χ1) is 21.6.